The molecule has 5 nitrogen and oxygen atoms in total. The zero-order valence-corrected chi connectivity index (χ0v) is 15.4. The predicted molar refractivity (Wildman–Crippen MR) is 95.6 cm³/mol. The van der Waals surface area contributed by atoms with Crippen LogP contribution in [0.5, 0.6) is 0 Å². The largest absolute Gasteiger partial charge is 0.481 e. The molecule has 1 amide bonds. The van der Waals surface area contributed by atoms with Crippen molar-refractivity contribution in [3.05, 3.63) is 35.4 Å². The van der Waals surface area contributed by atoms with Gasteiger partial charge in [-0.2, -0.15) is 0 Å². The highest BCUT2D eigenvalue weighted by molar-refractivity contribution is 5.97. The Hall–Kier alpha value is -2.17. The van der Waals surface area contributed by atoms with Crippen LogP contribution in [0.4, 0.5) is 0 Å². The van der Waals surface area contributed by atoms with Gasteiger partial charge in [-0.3, -0.25) is 14.4 Å². The molecule has 136 valence electrons. The number of carboxylic acids is 1. The molecule has 1 unspecified atom stereocenters. The van der Waals surface area contributed by atoms with Crippen LogP contribution >= 0.6 is 0 Å². The lowest BCUT2D eigenvalue weighted by Gasteiger charge is -2.39. The van der Waals surface area contributed by atoms with E-state index < -0.39 is 11.9 Å². The lowest BCUT2D eigenvalue weighted by molar-refractivity contribution is -0.149. The van der Waals surface area contributed by atoms with Crippen LogP contribution in [0.15, 0.2) is 24.3 Å². The Morgan fingerprint density at radius 3 is 2.24 bits per heavy atom. The number of carbonyl (C=O) groups is 3. The van der Waals surface area contributed by atoms with Crippen LogP contribution < -0.4 is 0 Å². The molecule has 3 atom stereocenters. The monoisotopic (exact) mass is 345 g/mol. The Kier molecular flexibility index (Phi) is 5.98. The first-order chi connectivity index (χ1) is 11.7. The molecule has 1 heterocycles. The van der Waals surface area contributed by atoms with Crippen molar-refractivity contribution in [2.24, 2.45) is 11.8 Å². The number of amides is 1. The number of rotatable bonds is 5. The number of likely N-dealkylation sites (tertiary alicyclic amines) is 1. The summed E-state index contributed by atoms with van der Waals surface area (Å²) in [7, 11) is 0. The molecule has 1 aliphatic rings. The second-order valence-corrected chi connectivity index (χ2v) is 7.22. The highest BCUT2D eigenvalue weighted by Gasteiger charge is 2.36. The van der Waals surface area contributed by atoms with Crippen molar-refractivity contribution in [1.29, 1.82) is 0 Å². The van der Waals surface area contributed by atoms with Gasteiger partial charge in [0.15, 0.2) is 5.78 Å². The lowest BCUT2D eigenvalue weighted by atomic mass is 9.88. The van der Waals surface area contributed by atoms with Gasteiger partial charge in [0.1, 0.15) is 0 Å². The van der Waals surface area contributed by atoms with Crippen LogP contribution in [0.3, 0.4) is 0 Å². The summed E-state index contributed by atoms with van der Waals surface area (Å²) in [4.78, 5) is 37.9. The van der Waals surface area contributed by atoms with Crippen LogP contribution in [-0.4, -0.2) is 40.3 Å². The first kappa shape index (κ1) is 19.2. The van der Waals surface area contributed by atoms with E-state index >= 15 is 0 Å². The molecule has 0 bridgehead atoms. The highest BCUT2D eigenvalue weighted by Crippen LogP contribution is 2.28. The minimum absolute atomic E-state index is 0.0543. The van der Waals surface area contributed by atoms with E-state index in [9.17, 15) is 19.5 Å². The Balaban J connectivity index is 2.14. The van der Waals surface area contributed by atoms with E-state index in [0.717, 1.165) is 5.56 Å². The van der Waals surface area contributed by atoms with Crippen LogP contribution in [0.25, 0.3) is 0 Å². The maximum absolute atomic E-state index is 12.9. The van der Waals surface area contributed by atoms with Gasteiger partial charge in [-0.15, -0.1) is 0 Å². The first-order valence-corrected chi connectivity index (χ1v) is 8.91. The number of aliphatic carboxylic acids is 1. The summed E-state index contributed by atoms with van der Waals surface area (Å²) in [6.07, 6.45) is 1.32. The quantitative estimate of drug-likeness (QED) is 0.831. The van der Waals surface area contributed by atoms with E-state index in [-0.39, 0.29) is 29.6 Å². The summed E-state index contributed by atoms with van der Waals surface area (Å²) in [5.41, 5.74) is 1.49. The minimum Gasteiger partial charge on any atom is -0.481 e. The van der Waals surface area contributed by atoms with Crippen LogP contribution in [-0.2, 0) is 9.59 Å². The summed E-state index contributed by atoms with van der Waals surface area (Å²) >= 11 is 0. The van der Waals surface area contributed by atoms with Crippen molar-refractivity contribution in [2.75, 3.05) is 6.54 Å². The number of ketones is 1. The van der Waals surface area contributed by atoms with E-state index in [1.54, 1.807) is 17.0 Å². The Labute approximate surface area is 149 Å². The number of hydrogen-bond donors (Lipinski definition) is 1. The SMILES string of the molecule is CC(C)C(=O)c1ccc(C(C)C(=O)N2CCC[C@H](C(=O)O)[C@@H]2C)cc1. The molecule has 0 spiro atoms. The molecule has 0 saturated carbocycles. The number of carbonyl (C=O) groups excluding carboxylic acids is 2. The smallest absolute Gasteiger partial charge is 0.308 e. The predicted octanol–water partition coefficient (Wildman–Crippen LogP) is 3.34. The topological polar surface area (TPSA) is 74.7 Å². The lowest BCUT2D eigenvalue weighted by Crippen LogP contribution is -2.50. The molecule has 1 fully saturated rings. The van der Waals surface area contributed by atoms with E-state index in [1.807, 2.05) is 39.8 Å². The zero-order chi connectivity index (χ0) is 18.7. The first-order valence-electron chi connectivity index (χ1n) is 8.91. The second kappa shape index (κ2) is 7.81. The van der Waals surface area contributed by atoms with Gasteiger partial charge >= 0.3 is 5.97 Å². The molecule has 25 heavy (non-hydrogen) atoms. The van der Waals surface area contributed by atoms with Crippen molar-refractivity contribution in [1.82, 2.24) is 4.90 Å². The highest BCUT2D eigenvalue weighted by atomic mass is 16.4. The molecule has 0 radical (unpaired) electrons. The number of benzene rings is 1. The average Bonchev–Trinajstić information content (AvgIpc) is 2.59. The molecule has 2 rings (SSSR count). The van der Waals surface area contributed by atoms with E-state index in [2.05, 4.69) is 0 Å². The van der Waals surface area contributed by atoms with Gasteiger partial charge in [0.05, 0.1) is 11.8 Å². The van der Waals surface area contributed by atoms with Gasteiger partial charge < -0.3 is 10.0 Å². The number of carboxylic acid groups (broad SMARTS) is 1. The molecule has 1 N–H and O–H groups in total. The summed E-state index contributed by atoms with van der Waals surface area (Å²) < 4.78 is 0. The normalized spacial score (nSPS) is 21.9. The van der Waals surface area contributed by atoms with Crippen molar-refractivity contribution in [3.63, 3.8) is 0 Å². The summed E-state index contributed by atoms with van der Waals surface area (Å²) in [6.45, 7) is 7.96. The number of Topliss-reactive ketones (excluding diaryl/α,β-unsaturated/α-hetero) is 1. The zero-order valence-electron chi connectivity index (χ0n) is 15.4. The van der Waals surface area contributed by atoms with E-state index in [4.69, 9.17) is 0 Å². The van der Waals surface area contributed by atoms with Gasteiger partial charge in [-0.1, -0.05) is 38.1 Å². The van der Waals surface area contributed by atoms with Gasteiger partial charge in [-0.25, -0.2) is 0 Å². The molecule has 0 aliphatic carbocycles. The number of piperidine rings is 1. The van der Waals surface area contributed by atoms with Crippen LogP contribution in [0, 0.1) is 11.8 Å². The maximum atomic E-state index is 12.9. The fourth-order valence-electron chi connectivity index (χ4n) is 3.45. The van der Waals surface area contributed by atoms with Crippen molar-refractivity contribution < 1.29 is 19.5 Å². The summed E-state index contributed by atoms with van der Waals surface area (Å²) in [5.74, 6) is -1.74. The average molecular weight is 345 g/mol. The molecule has 5 heteroatoms. The third-order valence-corrected chi connectivity index (χ3v) is 5.18. The van der Waals surface area contributed by atoms with Crippen LogP contribution in [0.1, 0.15) is 62.4 Å². The maximum Gasteiger partial charge on any atom is 0.308 e. The van der Waals surface area contributed by atoms with Crippen molar-refractivity contribution in [2.45, 2.75) is 52.5 Å². The fraction of sp³-hybridized carbons (Fsp3) is 0.550. The van der Waals surface area contributed by atoms with E-state index in [1.165, 1.54) is 0 Å². The van der Waals surface area contributed by atoms with Gasteiger partial charge in [0, 0.05) is 24.1 Å². The van der Waals surface area contributed by atoms with Crippen molar-refractivity contribution >= 4 is 17.7 Å². The van der Waals surface area contributed by atoms with Crippen LogP contribution in [0.2, 0.25) is 0 Å². The standard InChI is InChI=1S/C20H27NO4/c1-12(2)18(22)16-9-7-15(8-10-16)13(3)19(23)21-11-5-6-17(14(21)4)20(24)25/h7-10,12-14,17H,5-6,11H2,1-4H3,(H,24,25)/t13?,14-,17-/m0/s1. The summed E-state index contributed by atoms with van der Waals surface area (Å²) in [6, 6.07) is 6.87. The van der Waals surface area contributed by atoms with Crippen molar-refractivity contribution in [3.8, 4) is 0 Å². The van der Waals surface area contributed by atoms with E-state index in [0.29, 0.717) is 24.9 Å². The minimum atomic E-state index is -0.839. The summed E-state index contributed by atoms with van der Waals surface area (Å²) in [5, 5.41) is 9.32. The molecular weight excluding hydrogens is 318 g/mol. The third kappa shape index (κ3) is 4.09. The second-order valence-electron chi connectivity index (χ2n) is 7.22. The Bertz CT molecular complexity index is 650. The number of hydrogen-bond acceptors (Lipinski definition) is 3. The fourth-order valence-corrected chi connectivity index (χ4v) is 3.45. The molecule has 1 aliphatic heterocycles. The van der Waals surface area contributed by atoms with Gasteiger partial charge in [0.25, 0.3) is 0 Å². The third-order valence-electron chi connectivity index (χ3n) is 5.18. The number of nitrogens with zero attached hydrogens (tertiary/aromatic N) is 1. The van der Waals surface area contributed by atoms with Gasteiger partial charge in [0.2, 0.25) is 5.91 Å². The van der Waals surface area contributed by atoms with Gasteiger partial charge in [-0.05, 0) is 32.3 Å². The molecule has 1 aromatic carbocycles. The Morgan fingerprint density at radius 1 is 1.12 bits per heavy atom. The molecule has 1 saturated heterocycles. The molecular formula is C20H27NO4. The molecule has 0 aromatic heterocycles. The Morgan fingerprint density at radius 2 is 1.72 bits per heavy atom. The molecule has 1 aromatic rings.